The van der Waals surface area contributed by atoms with Crippen molar-refractivity contribution in [2.45, 2.75) is 38.3 Å². The highest BCUT2D eigenvalue weighted by Gasteiger charge is 2.48. The van der Waals surface area contributed by atoms with Crippen molar-refractivity contribution in [3.05, 3.63) is 71.3 Å². The fourth-order valence-corrected chi connectivity index (χ4v) is 4.96. The summed E-state index contributed by atoms with van der Waals surface area (Å²) < 4.78 is 0. The van der Waals surface area contributed by atoms with Gasteiger partial charge in [0.25, 0.3) is 0 Å². The second-order valence-electron chi connectivity index (χ2n) is 8.26. The quantitative estimate of drug-likeness (QED) is 0.800. The smallest absolute Gasteiger partial charge is 0.245 e. The van der Waals surface area contributed by atoms with Gasteiger partial charge in [0.2, 0.25) is 17.7 Å². The molecule has 0 bridgehead atoms. The lowest BCUT2D eigenvalue weighted by Crippen LogP contribution is -2.49. The van der Waals surface area contributed by atoms with E-state index in [1.807, 2.05) is 47.4 Å². The second-order valence-corrected chi connectivity index (χ2v) is 8.26. The highest BCUT2D eigenvalue weighted by Crippen LogP contribution is 2.49. The number of nitrogens with one attached hydrogen (secondary N) is 2. The molecule has 2 aliphatic rings. The van der Waals surface area contributed by atoms with E-state index in [1.165, 1.54) is 19.4 Å². The predicted octanol–water partition coefficient (Wildman–Crippen LogP) is 2.17. The highest BCUT2D eigenvalue weighted by molar-refractivity contribution is 5.87. The van der Waals surface area contributed by atoms with Gasteiger partial charge in [0.1, 0.15) is 6.04 Å². The van der Waals surface area contributed by atoms with Crippen molar-refractivity contribution in [2.75, 3.05) is 13.1 Å². The summed E-state index contributed by atoms with van der Waals surface area (Å²) in [4.78, 5) is 38.8. The second kappa shape index (κ2) is 8.30. The fourth-order valence-electron chi connectivity index (χ4n) is 4.96. The number of hydrogen-bond acceptors (Lipinski definition) is 3. The van der Waals surface area contributed by atoms with Gasteiger partial charge in [0.05, 0.1) is 6.04 Å². The van der Waals surface area contributed by atoms with Gasteiger partial charge < -0.3 is 15.5 Å². The van der Waals surface area contributed by atoms with Crippen LogP contribution in [0.5, 0.6) is 0 Å². The number of rotatable bonds is 5. The van der Waals surface area contributed by atoms with E-state index in [-0.39, 0.29) is 35.6 Å². The van der Waals surface area contributed by atoms with Gasteiger partial charge in [0, 0.05) is 45.2 Å². The molecule has 6 nitrogen and oxygen atoms in total. The third kappa shape index (κ3) is 3.95. The molecule has 0 aromatic heterocycles. The number of benzene rings is 2. The van der Waals surface area contributed by atoms with Gasteiger partial charge in [-0.2, -0.15) is 0 Å². The lowest BCUT2D eigenvalue weighted by Gasteiger charge is -2.26. The Morgan fingerprint density at radius 2 is 1.60 bits per heavy atom. The molecule has 2 aromatic carbocycles. The summed E-state index contributed by atoms with van der Waals surface area (Å²) in [5.41, 5.74) is 3.36. The molecule has 1 aliphatic heterocycles. The third-order valence-electron chi connectivity index (χ3n) is 6.15. The standard InChI is InChI=1S/C24H27N3O3/c1-15(28)25-22(12-17-8-4-3-5-9-17)24(30)27-13-20-18-10-6-7-11-19(18)23(21(20)14-27)26-16(2)29/h3-11,20-23H,12-14H2,1-2H3,(H,25,28)(H,26,29)/t20-,21-,22+,23+/m1/s1. The summed E-state index contributed by atoms with van der Waals surface area (Å²) >= 11 is 0. The van der Waals surface area contributed by atoms with Crippen molar-refractivity contribution in [3.8, 4) is 0 Å². The Bertz CT molecular complexity index is 959. The average molecular weight is 405 g/mol. The van der Waals surface area contributed by atoms with Crippen LogP contribution < -0.4 is 10.6 Å². The molecule has 1 heterocycles. The van der Waals surface area contributed by atoms with Crippen molar-refractivity contribution in [1.82, 2.24) is 15.5 Å². The van der Waals surface area contributed by atoms with Crippen LogP contribution in [0.1, 0.15) is 42.5 Å². The van der Waals surface area contributed by atoms with Crippen molar-refractivity contribution >= 4 is 17.7 Å². The first kappa shape index (κ1) is 20.1. The number of carbonyl (C=O) groups excluding carboxylic acids is 3. The van der Waals surface area contributed by atoms with Crippen molar-refractivity contribution in [2.24, 2.45) is 5.92 Å². The number of nitrogens with zero attached hydrogens (tertiary/aromatic N) is 1. The number of carbonyl (C=O) groups is 3. The molecule has 3 amide bonds. The molecular formula is C24H27N3O3. The summed E-state index contributed by atoms with van der Waals surface area (Å²) in [5.74, 6) is -0.0188. The zero-order chi connectivity index (χ0) is 21.3. The van der Waals surface area contributed by atoms with Crippen LogP contribution in [0.25, 0.3) is 0 Å². The molecule has 0 radical (unpaired) electrons. The van der Waals surface area contributed by atoms with Gasteiger partial charge in [-0.05, 0) is 16.7 Å². The van der Waals surface area contributed by atoms with Crippen LogP contribution >= 0.6 is 0 Å². The molecule has 1 fully saturated rings. The third-order valence-corrected chi connectivity index (χ3v) is 6.15. The monoisotopic (exact) mass is 405 g/mol. The summed E-state index contributed by atoms with van der Waals surface area (Å²) in [5, 5.41) is 5.92. The van der Waals surface area contributed by atoms with E-state index < -0.39 is 6.04 Å². The minimum absolute atomic E-state index is 0.0671. The minimum atomic E-state index is -0.599. The van der Waals surface area contributed by atoms with E-state index in [0.29, 0.717) is 19.5 Å². The van der Waals surface area contributed by atoms with Gasteiger partial charge in [-0.15, -0.1) is 0 Å². The van der Waals surface area contributed by atoms with Gasteiger partial charge in [-0.3, -0.25) is 14.4 Å². The van der Waals surface area contributed by atoms with E-state index in [0.717, 1.165) is 11.1 Å². The molecule has 0 unspecified atom stereocenters. The van der Waals surface area contributed by atoms with Crippen molar-refractivity contribution in [1.29, 1.82) is 0 Å². The van der Waals surface area contributed by atoms with Crippen molar-refractivity contribution in [3.63, 3.8) is 0 Å². The molecule has 2 N–H and O–H groups in total. The van der Waals surface area contributed by atoms with Gasteiger partial charge >= 0.3 is 0 Å². The van der Waals surface area contributed by atoms with Gasteiger partial charge in [-0.25, -0.2) is 0 Å². The lowest BCUT2D eigenvalue weighted by atomic mass is 9.94. The van der Waals surface area contributed by atoms with E-state index >= 15 is 0 Å². The molecule has 1 aliphatic carbocycles. The van der Waals surface area contributed by atoms with E-state index in [9.17, 15) is 14.4 Å². The maximum Gasteiger partial charge on any atom is 0.245 e. The Labute approximate surface area is 176 Å². The Balaban J connectivity index is 1.55. The van der Waals surface area contributed by atoms with Crippen molar-refractivity contribution < 1.29 is 14.4 Å². The average Bonchev–Trinajstić information content (AvgIpc) is 3.26. The van der Waals surface area contributed by atoms with Crippen LogP contribution in [0.2, 0.25) is 0 Å². The summed E-state index contributed by atoms with van der Waals surface area (Å²) in [7, 11) is 0. The van der Waals surface area contributed by atoms with E-state index in [2.05, 4.69) is 22.8 Å². The minimum Gasteiger partial charge on any atom is -0.349 e. The first-order valence-corrected chi connectivity index (χ1v) is 10.4. The van der Waals surface area contributed by atoms with Gasteiger partial charge in [0.15, 0.2) is 0 Å². The molecule has 6 heteroatoms. The SMILES string of the molecule is CC(=O)N[C@@H](Cc1ccccc1)C(=O)N1C[C@@H]2[C@H](C1)c1ccccc1[C@@H]2NC(C)=O. The van der Waals surface area contributed by atoms with Crippen LogP contribution in [-0.4, -0.2) is 41.8 Å². The van der Waals surface area contributed by atoms with E-state index in [1.54, 1.807) is 0 Å². The summed E-state index contributed by atoms with van der Waals surface area (Å²) in [6.45, 7) is 4.13. The molecule has 0 saturated carbocycles. The molecule has 2 aromatic rings. The molecule has 156 valence electrons. The topological polar surface area (TPSA) is 78.5 Å². The van der Waals surface area contributed by atoms with Crippen LogP contribution in [0.4, 0.5) is 0 Å². The zero-order valence-corrected chi connectivity index (χ0v) is 17.3. The maximum absolute atomic E-state index is 13.4. The largest absolute Gasteiger partial charge is 0.349 e. The normalized spacial score (nSPS) is 22.7. The number of fused-ring (bicyclic) bond motifs is 3. The molecular weight excluding hydrogens is 378 g/mol. The molecule has 0 spiro atoms. The number of amides is 3. The molecule has 4 rings (SSSR count). The number of hydrogen-bond donors (Lipinski definition) is 2. The first-order valence-electron chi connectivity index (χ1n) is 10.4. The van der Waals surface area contributed by atoms with E-state index in [4.69, 9.17) is 0 Å². The van der Waals surface area contributed by atoms with Crippen LogP contribution in [0, 0.1) is 5.92 Å². The predicted molar refractivity (Wildman–Crippen MR) is 114 cm³/mol. The Morgan fingerprint density at radius 3 is 2.27 bits per heavy atom. The number of likely N-dealkylation sites (tertiary alicyclic amines) is 1. The maximum atomic E-state index is 13.4. The fraction of sp³-hybridized carbons (Fsp3) is 0.375. The summed E-state index contributed by atoms with van der Waals surface area (Å²) in [6.07, 6.45) is 0.455. The van der Waals surface area contributed by atoms with Crippen LogP contribution in [0.15, 0.2) is 54.6 Å². The Kier molecular flexibility index (Phi) is 5.57. The summed E-state index contributed by atoms with van der Waals surface area (Å²) in [6, 6.07) is 17.2. The van der Waals surface area contributed by atoms with Crippen LogP contribution in [0.3, 0.4) is 0 Å². The Morgan fingerprint density at radius 1 is 0.933 bits per heavy atom. The highest BCUT2D eigenvalue weighted by atomic mass is 16.2. The molecule has 1 saturated heterocycles. The Hall–Kier alpha value is -3.15. The lowest BCUT2D eigenvalue weighted by molar-refractivity contribution is -0.135. The first-order chi connectivity index (χ1) is 14.4. The van der Waals surface area contributed by atoms with Crippen LogP contribution in [-0.2, 0) is 20.8 Å². The molecule has 4 atom stereocenters. The van der Waals surface area contributed by atoms with Gasteiger partial charge in [-0.1, -0.05) is 54.6 Å². The zero-order valence-electron chi connectivity index (χ0n) is 17.3. The molecule has 30 heavy (non-hydrogen) atoms.